The van der Waals surface area contributed by atoms with Crippen LogP contribution in [0.5, 0.6) is 11.5 Å². The number of rotatable bonds is 7. The van der Waals surface area contributed by atoms with E-state index in [1.807, 2.05) is 24.3 Å². The highest BCUT2D eigenvalue weighted by molar-refractivity contribution is 6.42. The van der Waals surface area contributed by atoms with Crippen molar-refractivity contribution in [1.82, 2.24) is 9.97 Å². The molecule has 4 rings (SSSR count). The van der Waals surface area contributed by atoms with Crippen molar-refractivity contribution in [3.05, 3.63) is 82.1 Å². The molecule has 1 heterocycles. The van der Waals surface area contributed by atoms with E-state index in [1.54, 1.807) is 42.5 Å². The third kappa shape index (κ3) is 5.31. The smallest absolute Gasteiger partial charge is 0.262 e. The Balaban J connectivity index is 1.47. The van der Waals surface area contributed by atoms with Gasteiger partial charge in [0.15, 0.2) is 18.1 Å². The van der Waals surface area contributed by atoms with Gasteiger partial charge in [-0.25, -0.2) is 4.98 Å². The van der Waals surface area contributed by atoms with E-state index in [0.29, 0.717) is 44.2 Å². The molecule has 4 aromatic rings. The van der Waals surface area contributed by atoms with Gasteiger partial charge in [0.2, 0.25) is 0 Å². The van der Waals surface area contributed by atoms with E-state index in [9.17, 15) is 10.1 Å². The van der Waals surface area contributed by atoms with E-state index in [4.69, 9.17) is 32.7 Å². The van der Waals surface area contributed by atoms with Crippen LogP contribution in [0.3, 0.4) is 0 Å². The number of allylic oxidation sites excluding steroid dienone is 1. The van der Waals surface area contributed by atoms with Gasteiger partial charge in [0, 0.05) is 5.69 Å². The van der Waals surface area contributed by atoms with Crippen molar-refractivity contribution in [1.29, 1.82) is 5.26 Å². The van der Waals surface area contributed by atoms with Crippen LogP contribution in [-0.2, 0) is 4.79 Å². The fraction of sp³-hybridized carbons (Fsp3) is 0.0800. The van der Waals surface area contributed by atoms with Gasteiger partial charge in [0.25, 0.3) is 5.91 Å². The van der Waals surface area contributed by atoms with Gasteiger partial charge in [-0.1, -0.05) is 41.4 Å². The Bertz CT molecular complexity index is 1410. The highest BCUT2D eigenvalue weighted by atomic mass is 35.5. The van der Waals surface area contributed by atoms with E-state index in [1.165, 1.54) is 7.11 Å². The number of fused-ring (bicyclic) bond motifs is 1. The number of carbonyl (C=O) groups excluding carboxylic acids is 1. The largest absolute Gasteiger partial charge is 0.493 e. The van der Waals surface area contributed by atoms with Crippen molar-refractivity contribution in [2.75, 3.05) is 19.0 Å². The molecule has 3 aromatic carbocycles. The first-order chi connectivity index (χ1) is 16.5. The lowest BCUT2D eigenvalue weighted by atomic mass is 10.1. The number of hydrogen-bond donors (Lipinski definition) is 2. The molecular formula is C25H18Cl2N4O3. The molecule has 0 radical (unpaired) electrons. The highest BCUT2D eigenvalue weighted by Crippen LogP contribution is 2.30. The number of aromatic nitrogens is 2. The number of amides is 1. The molecule has 0 saturated carbocycles. The normalized spacial score (nSPS) is 11.2. The van der Waals surface area contributed by atoms with Crippen molar-refractivity contribution in [2.24, 2.45) is 0 Å². The Morgan fingerprint density at radius 3 is 2.68 bits per heavy atom. The van der Waals surface area contributed by atoms with Gasteiger partial charge in [-0.3, -0.25) is 4.79 Å². The average molecular weight is 493 g/mol. The monoisotopic (exact) mass is 492 g/mol. The number of halogens is 2. The number of hydrogen-bond acceptors (Lipinski definition) is 5. The van der Waals surface area contributed by atoms with Crippen LogP contribution in [0.1, 0.15) is 11.4 Å². The molecule has 1 amide bonds. The standard InChI is InChI=1S/C25H18Cl2N4O3/c1-33-23-11-15(10-16(13-28)25-30-20-4-2-3-5-21(20)31-25)6-9-22(23)34-14-24(32)29-17-7-8-18(26)19(27)12-17/h2-12H,14H2,1H3,(H,29,32)(H,30,31)/b16-10+. The van der Waals surface area contributed by atoms with E-state index in [-0.39, 0.29) is 12.5 Å². The lowest BCUT2D eigenvalue weighted by Crippen LogP contribution is -2.20. The van der Waals surface area contributed by atoms with E-state index in [2.05, 4.69) is 21.4 Å². The van der Waals surface area contributed by atoms with Gasteiger partial charge in [0.1, 0.15) is 11.9 Å². The van der Waals surface area contributed by atoms with Gasteiger partial charge in [0.05, 0.1) is 33.8 Å². The minimum atomic E-state index is -0.374. The molecule has 0 unspecified atom stereocenters. The first-order valence-electron chi connectivity index (χ1n) is 10.1. The predicted octanol–water partition coefficient (Wildman–Crippen LogP) is 5.96. The van der Waals surface area contributed by atoms with Crippen LogP contribution in [0.4, 0.5) is 5.69 Å². The second-order valence-electron chi connectivity index (χ2n) is 7.15. The molecule has 0 atom stereocenters. The summed E-state index contributed by atoms with van der Waals surface area (Å²) < 4.78 is 11.0. The third-order valence-electron chi connectivity index (χ3n) is 4.83. The molecule has 34 heavy (non-hydrogen) atoms. The quantitative estimate of drug-likeness (QED) is 0.310. The van der Waals surface area contributed by atoms with Crippen molar-refractivity contribution in [3.8, 4) is 17.6 Å². The number of imidazole rings is 1. The second-order valence-corrected chi connectivity index (χ2v) is 7.96. The van der Waals surface area contributed by atoms with E-state index in [0.717, 1.165) is 11.0 Å². The minimum absolute atomic E-state index is 0.242. The van der Waals surface area contributed by atoms with Crippen LogP contribution in [-0.4, -0.2) is 29.6 Å². The summed E-state index contributed by atoms with van der Waals surface area (Å²) in [5.41, 5.74) is 3.21. The number of carbonyl (C=O) groups is 1. The number of ether oxygens (including phenoxy) is 2. The number of para-hydroxylation sites is 2. The number of anilines is 1. The summed E-state index contributed by atoms with van der Waals surface area (Å²) in [6.07, 6.45) is 1.70. The van der Waals surface area contributed by atoms with Crippen LogP contribution in [0.25, 0.3) is 22.7 Å². The SMILES string of the molecule is COc1cc(/C=C(\C#N)c2nc3ccccc3[nH]2)ccc1OCC(=O)Nc1ccc(Cl)c(Cl)c1. The van der Waals surface area contributed by atoms with Crippen molar-refractivity contribution >= 4 is 57.5 Å². The van der Waals surface area contributed by atoms with Crippen LogP contribution in [0.15, 0.2) is 60.7 Å². The van der Waals surface area contributed by atoms with Gasteiger partial charge < -0.3 is 19.8 Å². The summed E-state index contributed by atoms with van der Waals surface area (Å²) in [6, 6.07) is 19.7. The number of methoxy groups -OCH3 is 1. The topological polar surface area (TPSA) is 100 Å². The van der Waals surface area contributed by atoms with Crippen LogP contribution in [0, 0.1) is 11.3 Å². The van der Waals surface area contributed by atoms with Gasteiger partial charge in [-0.15, -0.1) is 0 Å². The van der Waals surface area contributed by atoms with Crippen LogP contribution < -0.4 is 14.8 Å². The molecule has 0 aliphatic carbocycles. The summed E-state index contributed by atoms with van der Waals surface area (Å²) in [5.74, 6) is 0.896. The first kappa shape index (κ1) is 23.2. The second kappa shape index (κ2) is 10.3. The molecule has 7 nitrogen and oxygen atoms in total. The van der Waals surface area contributed by atoms with Crippen molar-refractivity contribution < 1.29 is 14.3 Å². The average Bonchev–Trinajstić information content (AvgIpc) is 3.28. The molecule has 2 N–H and O–H groups in total. The van der Waals surface area contributed by atoms with Gasteiger partial charge in [-0.2, -0.15) is 5.26 Å². The zero-order valence-corrected chi connectivity index (χ0v) is 19.4. The summed E-state index contributed by atoms with van der Waals surface area (Å²) in [7, 11) is 1.50. The Labute approximate surface area is 205 Å². The van der Waals surface area contributed by atoms with Gasteiger partial charge >= 0.3 is 0 Å². The molecule has 9 heteroatoms. The highest BCUT2D eigenvalue weighted by Gasteiger charge is 2.12. The van der Waals surface area contributed by atoms with Crippen LogP contribution >= 0.6 is 23.2 Å². The maximum Gasteiger partial charge on any atom is 0.262 e. The minimum Gasteiger partial charge on any atom is -0.493 e. The summed E-state index contributed by atoms with van der Waals surface area (Å²) in [6.45, 7) is -0.242. The number of nitrogens with one attached hydrogen (secondary N) is 2. The fourth-order valence-corrected chi connectivity index (χ4v) is 3.51. The lowest BCUT2D eigenvalue weighted by molar-refractivity contribution is -0.118. The number of aromatic amines is 1. The summed E-state index contributed by atoms with van der Waals surface area (Å²) in [4.78, 5) is 19.9. The zero-order chi connectivity index (χ0) is 24.1. The maximum absolute atomic E-state index is 12.3. The Morgan fingerprint density at radius 2 is 1.94 bits per heavy atom. The maximum atomic E-state index is 12.3. The van der Waals surface area contributed by atoms with Gasteiger partial charge in [-0.05, 0) is 54.1 Å². The molecule has 0 spiro atoms. The summed E-state index contributed by atoms with van der Waals surface area (Å²) in [5, 5.41) is 13.1. The molecule has 1 aromatic heterocycles. The number of H-pyrrole nitrogens is 1. The number of benzene rings is 3. The van der Waals surface area contributed by atoms with Crippen LogP contribution in [0.2, 0.25) is 10.0 Å². The molecule has 0 bridgehead atoms. The molecular weight excluding hydrogens is 475 g/mol. The van der Waals surface area contributed by atoms with E-state index >= 15 is 0 Å². The first-order valence-corrected chi connectivity index (χ1v) is 10.8. The lowest BCUT2D eigenvalue weighted by Gasteiger charge is -2.12. The predicted molar refractivity (Wildman–Crippen MR) is 133 cm³/mol. The molecule has 0 aliphatic rings. The Morgan fingerprint density at radius 1 is 1.12 bits per heavy atom. The van der Waals surface area contributed by atoms with Crippen molar-refractivity contribution in [2.45, 2.75) is 0 Å². The van der Waals surface area contributed by atoms with Crippen molar-refractivity contribution in [3.63, 3.8) is 0 Å². The zero-order valence-electron chi connectivity index (χ0n) is 17.9. The third-order valence-corrected chi connectivity index (χ3v) is 5.56. The van der Waals surface area contributed by atoms with E-state index < -0.39 is 0 Å². The Hall–Kier alpha value is -3.99. The molecule has 0 aliphatic heterocycles. The molecule has 170 valence electrons. The number of nitriles is 1. The molecule has 0 saturated heterocycles. The molecule has 0 fully saturated rings. The summed E-state index contributed by atoms with van der Waals surface area (Å²) >= 11 is 11.9. The number of nitrogens with zero attached hydrogens (tertiary/aromatic N) is 2. The Kier molecular flexibility index (Phi) is 7.02. The fourth-order valence-electron chi connectivity index (χ4n) is 3.21.